The smallest absolute Gasteiger partial charge is 0.0947 e. The number of nitrogens with zero attached hydrogens (tertiary/aromatic N) is 2. The van der Waals surface area contributed by atoms with Gasteiger partial charge in [0.15, 0.2) is 0 Å². The number of allylic oxidation sites excluding steroid dienone is 1. The van der Waals surface area contributed by atoms with Crippen molar-refractivity contribution in [2.45, 2.75) is 25.8 Å². The molecule has 0 bridgehead atoms. The number of rotatable bonds is 4. The van der Waals surface area contributed by atoms with Gasteiger partial charge in [0, 0.05) is 19.3 Å². The monoisotopic (exact) mass is 179 g/mol. The van der Waals surface area contributed by atoms with Crippen molar-refractivity contribution in [2.75, 3.05) is 0 Å². The van der Waals surface area contributed by atoms with Gasteiger partial charge in [0.05, 0.1) is 12.0 Å². The maximum atomic E-state index is 5.94. The van der Waals surface area contributed by atoms with Crippen molar-refractivity contribution in [3.05, 3.63) is 30.4 Å². The normalized spacial score (nSPS) is 12.8. The molecule has 72 valence electrons. The third-order valence-electron chi connectivity index (χ3n) is 1.99. The molecule has 1 atom stereocenters. The minimum Gasteiger partial charge on any atom is -0.340 e. The molecule has 0 aromatic carbocycles. The van der Waals surface area contributed by atoms with Crippen molar-refractivity contribution < 1.29 is 0 Å². The van der Waals surface area contributed by atoms with E-state index in [0.717, 1.165) is 18.5 Å². The zero-order chi connectivity index (χ0) is 9.84. The van der Waals surface area contributed by atoms with E-state index in [-0.39, 0.29) is 6.04 Å². The Morgan fingerprint density at radius 1 is 1.77 bits per heavy atom. The van der Waals surface area contributed by atoms with E-state index in [4.69, 9.17) is 5.73 Å². The Balaban J connectivity index is 2.48. The van der Waals surface area contributed by atoms with E-state index in [1.807, 2.05) is 24.7 Å². The molecule has 1 aromatic rings. The van der Waals surface area contributed by atoms with Gasteiger partial charge in [-0.3, -0.25) is 0 Å². The van der Waals surface area contributed by atoms with Gasteiger partial charge in [-0.1, -0.05) is 5.57 Å². The maximum Gasteiger partial charge on any atom is 0.0947 e. The molecular formula is C10H17N3. The average Bonchev–Trinajstić information content (AvgIpc) is 2.47. The molecule has 0 radical (unpaired) electrons. The lowest BCUT2D eigenvalue weighted by Gasteiger charge is -2.07. The summed E-state index contributed by atoms with van der Waals surface area (Å²) in [6, 6.07) is 0.0397. The molecule has 0 amide bonds. The van der Waals surface area contributed by atoms with E-state index in [0.29, 0.717) is 0 Å². The lowest BCUT2D eigenvalue weighted by Crippen LogP contribution is -2.10. The zero-order valence-corrected chi connectivity index (χ0v) is 8.33. The van der Waals surface area contributed by atoms with Crippen molar-refractivity contribution in [2.24, 2.45) is 12.8 Å². The van der Waals surface area contributed by atoms with Crippen LogP contribution in [0.3, 0.4) is 0 Å². The summed E-state index contributed by atoms with van der Waals surface area (Å²) < 4.78 is 1.91. The van der Waals surface area contributed by atoms with Gasteiger partial charge in [-0.2, -0.15) is 0 Å². The second-order valence-electron chi connectivity index (χ2n) is 3.57. The number of nitrogens with two attached hydrogens (primary N) is 1. The van der Waals surface area contributed by atoms with Gasteiger partial charge in [0.1, 0.15) is 0 Å². The Morgan fingerprint density at radius 2 is 2.46 bits per heavy atom. The second-order valence-corrected chi connectivity index (χ2v) is 3.57. The molecule has 1 heterocycles. The van der Waals surface area contributed by atoms with Crippen molar-refractivity contribution in [1.82, 2.24) is 9.55 Å². The number of hydrogen-bond donors (Lipinski definition) is 1. The van der Waals surface area contributed by atoms with E-state index in [9.17, 15) is 0 Å². The first-order valence-electron chi connectivity index (χ1n) is 4.47. The molecule has 0 aliphatic rings. The van der Waals surface area contributed by atoms with Gasteiger partial charge in [-0.15, -0.1) is 6.58 Å². The summed E-state index contributed by atoms with van der Waals surface area (Å²) in [4.78, 5) is 4.20. The Kier molecular flexibility index (Phi) is 3.25. The number of aromatic nitrogens is 2. The minimum absolute atomic E-state index is 0.0397. The highest BCUT2D eigenvalue weighted by molar-refractivity contribution is 5.03. The topological polar surface area (TPSA) is 43.8 Å². The predicted octanol–water partition coefficient (Wildman–Crippen LogP) is 1.78. The van der Waals surface area contributed by atoms with Crippen molar-refractivity contribution in [3.63, 3.8) is 0 Å². The zero-order valence-electron chi connectivity index (χ0n) is 8.33. The number of imidazole rings is 1. The molecule has 0 fully saturated rings. The van der Waals surface area contributed by atoms with Crippen LogP contribution in [-0.2, 0) is 7.05 Å². The molecule has 3 heteroatoms. The fourth-order valence-electron chi connectivity index (χ4n) is 1.17. The summed E-state index contributed by atoms with van der Waals surface area (Å²) in [6.07, 6.45) is 5.63. The molecule has 1 aromatic heterocycles. The highest BCUT2D eigenvalue weighted by Gasteiger charge is 2.07. The van der Waals surface area contributed by atoms with Crippen molar-refractivity contribution in [1.29, 1.82) is 0 Å². The van der Waals surface area contributed by atoms with Crippen LogP contribution in [-0.4, -0.2) is 9.55 Å². The van der Waals surface area contributed by atoms with E-state index in [2.05, 4.69) is 11.6 Å². The highest BCUT2D eigenvalue weighted by Crippen LogP contribution is 2.15. The van der Waals surface area contributed by atoms with Crippen molar-refractivity contribution in [3.8, 4) is 0 Å². The van der Waals surface area contributed by atoms with Crippen LogP contribution < -0.4 is 5.73 Å². The van der Waals surface area contributed by atoms with Crippen molar-refractivity contribution >= 4 is 0 Å². The van der Waals surface area contributed by atoms with Gasteiger partial charge in [-0.05, 0) is 19.8 Å². The quantitative estimate of drug-likeness (QED) is 0.716. The SMILES string of the molecule is C=C(C)CCC(N)c1cn(C)cn1. The number of hydrogen-bond acceptors (Lipinski definition) is 2. The molecule has 1 unspecified atom stereocenters. The molecule has 13 heavy (non-hydrogen) atoms. The summed E-state index contributed by atoms with van der Waals surface area (Å²) in [7, 11) is 1.95. The minimum atomic E-state index is 0.0397. The third kappa shape index (κ3) is 3.03. The molecule has 2 N–H and O–H groups in total. The van der Waals surface area contributed by atoms with Gasteiger partial charge in [-0.25, -0.2) is 4.98 Å². The van der Waals surface area contributed by atoms with E-state index in [1.165, 1.54) is 5.57 Å². The Morgan fingerprint density at radius 3 is 2.92 bits per heavy atom. The third-order valence-corrected chi connectivity index (χ3v) is 1.99. The van der Waals surface area contributed by atoms with Gasteiger partial charge < -0.3 is 10.3 Å². The molecule has 1 rings (SSSR count). The Bertz CT molecular complexity index is 288. The fourth-order valence-corrected chi connectivity index (χ4v) is 1.17. The highest BCUT2D eigenvalue weighted by atomic mass is 15.0. The van der Waals surface area contributed by atoms with Crippen LogP contribution in [0.25, 0.3) is 0 Å². The maximum absolute atomic E-state index is 5.94. The average molecular weight is 179 g/mol. The van der Waals surface area contributed by atoms with E-state index < -0.39 is 0 Å². The summed E-state index contributed by atoms with van der Waals surface area (Å²) in [5.74, 6) is 0. The number of aryl methyl sites for hydroxylation is 1. The summed E-state index contributed by atoms with van der Waals surface area (Å²) >= 11 is 0. The Labute approximate surface area is 79.3 Å². The predicted molar refractivity (Wildman–Crippen MR) is 54.2 cm³/mol. The van der Waals surface area contributed by atoms with E-state index in [1.54, 1.807) is 6.33 Å². The molecule has 0 saturated heterocycles. The van der Waals surface area contributed by atoms with Gasteiger partial charge in [0.25, 0.3) is 0 Å². The van der Waals surface area contributed by atoms with Gasteiger partial charge in [0.2, 0.25) is 0 Å². The van der Waals surface area contributed by atoms with Crippen LogP contribution in [0.5, 0.6) is 0 Å². The summed E-state index contributed by atoms with van der Waals surface area (Å²) in [6.45, 7) is 5.86. The second kappa shape index (κ2) is 4.23. The van der Waals surface area contributed by atoms with E-state index >= 15 is 0 Å². The van der Waals surface area contributed by atoms with Crippen LogP contribution in [0.1, 0.15) is 31.5 Å². The van der Waals surface area contributed by atoms with Gasteiger partial charge >= 0.3 is 0 Å². The molecule has 0 saturated carbocycles. The lowest BCUT2D eigenvalue weighted by molar-refractivity contribution is 0.634. The first-order chi connectivity index (χ1) is 6.09. The first kappa shape index (κ1) is 9.99. The van der Waals surface area contributed by atoms with Crippen LogP contribution in [0, 0.1) is 0 Å². The summed E-state index contributed by atoms with van der Waals surface area (Å²) in [5, 5.41) is 0. The largest absolute Gasteiger partial charge is 0.340 e. The first-order valence-corrected chi connectivity index (χ1v) is 4.47. The molecular weight excluding hydrogens is 162 g/mol. The Hall–Kier alpha value is -1.09. The molecule has 0 aliphatic heterocycles. The van der Waals surface area contributed by atoms with Crippen LogP contribution in [0.2, 0.25) is 0 Å². The lowest BCUT2D eigenvalue weighted by atomic mass is 10.1. The fraction of sp³-hybridized carbons (Fsp3) is 0.500. The van der Waals surface area contributed by atoms with Crippen LogP contribution >= 0.6 is 0 Å². The molecule has 0 spiro atoms. The molecule has 0 aliphatic carbocycles. The molecule has 3 nitrogen and oxygen atoms in total. The standard InChI is InChI=1S/C10H17N3/c1-8(2)4-5-9(11)10-6-13(3)7-12-10/h6-7,9H,1,4-5,11H2,2-3H3. The summed E-state index contributed by atoms with van der Waals surface area (Å²) in [5.41, 5.74) is 8.07. The van der Waals surface area contributed by atoms with Crippen LogP contribution in [0.15, 0.2) is 24.7 Å². The van der Waals surface area contributed by atoms with Crippen LogP contribution in [0.4, 0.5) is 0 Å².